The van der Waals surface area contributed by atoms with Gasteiger partial charge in [-0.3, -0.25) is 5.10 Å². The van der Waals surface area contributed by atoms with E-state index >= 15 is 0 Å². The second-order valence-corrected chi connectivity index (χ2v) is 4.25. The normalized spacial score (nSPS) is 10.2. The minimum absolute atomic E-state index is 0.266. The van der Waals surface area contributed by atoms with Gasteiger partial charge in [-0.25, -0.2) is 4.39 Å². The minimum Gasteiger partial charge on any atom is -0.493 e. The van der Waals surface area contributed by atoms with Crippen molar-refractivity contribution in [2.24, 2.45) is 0 Å². The van der Waals surface area contributed by atoms with Gasteiger partial charge in [0.1, 0.15) is 23.3 Å². The lowest BCUT2D eigenvalue weighted by Gasteiger charge is -2.09. The van der Waals surface area contributed by atoms with Crippen molar-refractivity contribution in [1.29, 1.82) is 5.26 Å². The number of aliphatic hydroxyl groups is 1. The van der Waals surface area contributed by atoms with E-state index in [0.29, 0.717) is 36.5 Å². The van der Waals surface area contributed by atoms with Gasteiger partial charge in [0.15, 0.2) is 0 Å². The predicted molar refractivity (Wildman–Crippen MR) is 69.4 cm³/mol. The summed E-state index contributed by atoms with van der Waals surface area (Å²) in [6.07, 6.45) is 1.38. The summed E-state index contributed by atoms with van der Waals surface area (Å²) in [5, 5.41) is 24.4. The Balaban J connectivity index is 1.83. The first kappa shape index (κ1) is 14.0. The van der Waals surface area contributed by atoms with Gasteiger partial charge >= 0.3 is 0 Å². The van der Waals surface area contributed by atoms with E-state index in [4.69, 9.17) is 15.1 Å². The molecule has 5 nitrogen and oxygen atoms in total. The van der Waals surface area contributed by atoms with E-state index in [-0.39, 0.29) is 6.61 Å². The Kier molecular flexibility index (Phi) is 4.69. The lowest BCUT2D eigenvalue weighted by atomic mass is 10.2. The fourth-order valence-corrected chi connectivity index (χ4v) is 1.80. The van der Waals surface area contributed by atoms with Crippen molar-refractivity contribution < 1.29 is 14.2 Å². The van der Waals surface area contributed by atoms with Crippen LogP contribution in [0.3, 0.4) is 0 Å². The van der Waals surface area contributed by atoms with E-state index < -0.39 is 5.82 Å². The first-order valence-corrected chi connectivity index (χ1v) is 6.19. The molecule has 2 N–H and O–H groups in total. The van der Waals surface area contributed by atoms with Crippen LogP contribution in [0.2, 0.25) is 0 Å². The van der Waals surface area contributed by atoms with Crippen LogP contribution in [-0.2, 0) is 13.0 Å². The highest BCUT2D eigenvalue weighted by Gasteiger charge is 2.05. The van der Waals surface area contributed by atoms with Crippen molar-refractivity contribution in [2.75, 3.05) is 6.61 Å². The fourth-order valence-electron chi connectivity index (χ4n) is 1.80. The molecule has 1 aromatic heterocycles. The highest BCUT2D eigenvalue weighted by Crippen LogP contribution is 2.20. The molecule has 0 aliphatic carbocycles. The molecular formula is C14H14FN3O2. The SMILES string of the molecule is N#Cc1cc(CCCOc2ccc(F)cc2CO)n[nH]1. The molecule has 0 bridgehead atoms. The van der Waals surface area contributed by atoms with Crippen LogP contribution in [0.5, 0.6) is 5.75 Å². The summed E-state index contributed by atoms with van der Waals surface area (Å²) in [4.78, 5) is 0. The maximum absolute atomic E-state index is 13.0. The van der Waals surface area contributed by atoms with Crippen LogP contribution in [0.15, 0.2) is 24.3 Å². The molecule has 2 aromatic rings. The largest absolute Gasteiger partial charge is 0.493 e. The van der Waals surface area contributed by atoms with Crippen molar-refractivity contribution >= 4 is 0 Å². The van der Waals surface area contributed by atoms with Gasteiger partial charge in [0.2, 0.25) is 0 Å². The number of aryl methyl sites for hydroxylation is 1. The molecule has 0 amide bonds. The van der Waals surface area contributed by atoms with E-state index in [1.807, 2.05) is 6.07 Å². The molecule has 1 heterocycles. The standard InChI is InChI=1S/C14H14FN3O2/c15-11-3-4-14(10(6-11)9-19)20-5-1-2-12-7-13(8-16)18-17-12/h3-4,6-7,19H,1-2,5,9H2,(H,17,18). The number of rotatable bonds is 6. The third-order valence-corrected chi connectivity index (χ3v) is 2.78. The maximum Gasteiger partial charge on any atom is 0.135 e. The van der Waals surface area contributed by atoms with Gasteiger partial charge in [-0.05, 0) is 37.1 Å². The highest BCUT2D eigenvalue weighted by atomic mass is 19.1. The highest BCUT2D eigenvalue weighted by molar-refractivity contribution is 5.33. The smallest absolute Gasteiger partial charge is 0.135 e. The van der Waals surface area contributed by atoms with Gasteiger partial charge in [0, 0.05) is 5.56 Å². The number of hydrogen-bond donors (Lipinski definition) is 2. The number of aromatic nitrogens is 2. The number of benzene rings is 1. The van der Waals surface area contributed by atoms with Crippen LogP contribution in [0.25, 0.3) is 0 Å². The van der Waals surface area contributed by atoms with E-state index in [1.54, 1.807) is 6.07 Å². The van der Waals surface area contributed by atoms with Gasteiger partial charge in [0.05, 0.1) is 18.9 Å². The second kappa shape index (κ2) is 6.68. The zero-order valence-corrected chi connectivity index (χ0v) is 10.8. The monoisotopic (exact) mass is 275 g/mol. The third-order valence-electron chi connectivity index (χ3n) is 2.78. The number of hydrogen-bond acceptors (Lipinski definition) is 4. The summed E-state index contributed by atoms with van der Waals surface area (Å²) < 4.78 is 18.5. The summed E-state index contributed by atoms with van der Waals surface area (Å²) in [5.41, 5.74) is 1.66. The Labute approximate surface area is 115 Å². The van der Waals surface area contributed by atoms with Crippen molar-refractivity contribution in [3.05, 3.63) is 47.0 Å². The summed E-state index contributed by atoms with van der Waals surface area (Å²) in [5.74, 6) is 0.0793. The molecule has 6 heteroatoms. The summed E-state index contributed by atoms with van der Waals surface area (Å²) >= 11 is 0. The van der Waals surface area contributed by atoms with Crippen LogP contribution >= 0.6 is 0 Å². The molecule has 104 valence electrons. The predicted octanol–water partition coefficient (Wildman–Crippen LogP) is 1.92. The van der Waals surface area contributed by atoms with Gasteiger partial charge in [0.25, 0.3) is 0 Å². The maximum atomic E-state index is 13.0. The van der Waals surface area contributed by atoms with E-state index in [0.717, 1.165) is 5.69 Å². The van der Waals surface area contributed by atoms with Gasteiger partial charge in [-0.2, -0.15) is 10.4 Å². The number of nitriles is 1. The topological polar surface area (TPSA) is 81.9 Å². The molecule has 0 atom stereocenters. The van der Waals surface area contributed by atoms with Crippen LogP contribution in [0.1, 0.15) is 23.4 Å². The first-order valence-electron chi connectivity index (χ1n) is 6.19. The molecule has 1 aromatic carbocycles. The van der Waals surface area contributed by atoms with E-state index in [2.05, 4.69) is 10.2 Å². The minimum atomic E-state index is -0.401. The Morgan fingerprint density at radius 2 is 2.25 bits per heavy atom. The quantitative estimate of drug-likeness (QED) is 0.789. The van der Waals surface area contributed by atoms with Crippen molar-refractivity contribution in [2.45, 2.75) is 19.4 Å². The van der Waals surface area contributed by atoms with E-state index in [9.17, 15) is 4.39 Å². The summed E-state index contributed by atoms with van der Waals surface area (Å²) in [7, 11) is 0. The molecule has 0 spiro atoms. The van der Waals surface area contributed by atoms with Gasteiger partial charge in [-0.15, -0.1) is 0 Å². The number of nitrogens with one attached hydrogen (secondary N) is 1. The molecule has 0 saturated carbocycles. The summed E-state index contributed by atoms with van der Waals surface area (Å²) in [6, 6.07) is 7.71. The van der Waals surface area contributed by atoms with Gasteiger partial charge < -0.3 is 9.84 Å². The van der Waals surface area contributed by atoms with E-state index in [1.165, 1.54) is 18.2 Å². The number of ether oxygens (including phenoxy) is 1. The Morgan fingerprint density at radius 1 is 1.40 bits per heavy atom. The molecule has 0 unspecified atom stereocenters. The average molecular weight is 275 g/mol. The van der Waals surface area contributed by atoms with Crippen LogP contribution in [0.4, 0.5) is 4.39 Å². The zero-order chi connectivity index (χ0) is 14.4. The number of nitrogens with zero attached hydrogens (tertiary/aromatic N) is 2. The van der Waals surface area contributed by atoms with Crippen LogP contribution < -0.4 is 4.74 Å². The molecule has 0 aliphatic rings. The molecule has 0 saturated heterocycles. The number of aromatic amines is 1. The average Bonchev–Trinajstić information content (AvgIpc) is 2.92. The third kappa shape index (κ3) is 3.56. The van der Waals surface area contributed by atoms with Crippen LogP contribution in [-0.4, -0.2) is 21.9 Å². The molecule has 0 radical (unpaired) electrons. The molecule has 2 rings (SSSR count). The van der Waals surface area contributed by atoms with Crippen molar-refractivity contribution in [3.8, 4) is 11.8 Å². The Hall–Kier alpha value is -2.39. The molecule has 0 fully saturated rings. The molecule has 20 heavy (non-hydrogen) atoms. The van der Waals surface area contributed by atoms with Crippen molar-refractivity contribution in [1.82, 2.24) is 10.2 Å². The lowest BCUT2D eigenvalue weighted by molar-refractivity contribution is 0.260. The number of halogens is 1. The number of aliphatic hydroxyl groups excluding tert-OH is 1. The van der Waals surface area contributed by atoms with Gasteiger partial charge in [-0.1, -0.05) is 0 Å². The summed E-state index contributed by atoms with van der Waals surface area (Å²) in [6.45, 7) is 0.158. The molecular weight excluding hydrogens is 261 g/mol. The second-order valence-electron chi connectivity index (χ2n) is 4.25. The Morgan fingerprint density at radius 3 is 2.95 bits per heavy atom. The fraction of sp³-hybridized carbons (Fsp3) is 0.286. The number of H-pyrrole nitrogens is 1. The Bertz CT molecular complexity index is 619. The zero-order valence-electron chi connectivity index (χ0n) is 10.8. The van der Waals surface area contributed by atoms with Crippen LogP contribution in [0, 0.1) is 17.1 Å². The van der Waals surface area contributed by atoms with Crippen molar-refractivity contribution in [3.63, 3.8) is 0 Å². The molecule has 0 aliphatic heterocycles. The lowest BCUT2D eigenvalue weighted by Crippen LogP contribution is -2.02. The first-order chi connectivity index (χ1) is 9.72.